The SMILES string of the molecule is CCC(CC)n1ncc(C(=O)NCc2ccc(C(=O)NO)cc2)c1C. The summed E-state index contributed by atoms with van der Waals surface area (Å²) in [5.41, 5.74) is 4.22. The first-order valence-corrected chi connectivity index (χ1v) is 8.37. The Morgan fingerprint density at radius 3 is 2.36 bits per heavy atom. The highest BCUT2D eigenvalue weighted by Crippen LogP contribution is 2.19. The lowest BCUT2D eigenvalue weighted by Crippen LogP contribution is -2.24. The lowest BCUT2D eigenvalue weighted by molar-refractivity contribution is 0.0706. The van der Waals surface area contributed by atoms with Gasteiger partial charge in [-0.25, -0.2) is 5.48 Å². The molecule has 0 fully saturated rings. The molecule has 1 aromatic carbocycles. The molecular weight excluding hydrogens is 320 g/mol. The Morgan fingerprint density at radius 2 is 1.80 bits per heavy atom. The van der Waals surface area contributed by atoms with E-state index in [9.17, 15) is 9.59 Å². The Hall–Kier alpha value is -2.67. The van der Waals surface area contributed by atoms with Crippen molar-refractivity contribution in [1.82, 2.24) is 20.6 Å². The van der Waals surface area contributed by atoms with Crippen LogP contribution in [0.25, 0.3) is 0 Å². The van der Waals surface area contributed by atoms with Gasteiger partial charge >= 0.3 is 0 Å². The third-order valence-electron chi connectivity index (χ3n) is 4.35. The van der Waals surface area contributed by atoms with Crippen molar-refractivity contribution >= 4 is 11.8 Å². The molecule has 0 atom stereocenters. The summed E-state index contributed by atoms with van der Waals surface area (Å²) in [6.07, 6.45) is 3.54. The summed E-state index contributed by atoms with van der Waals surface area (Å²) in [7, 11) is 0. The summed E-state index contributed by atoms with van der Waals surface area (Å²) in [6.45, 7) is 6.46. The van der Waals surface area contributed by atoms with Crippen LogP contribution in [0, 0.1) is 6.92 Å². The van der Waals surface area contributed by atoms with Gasteiger partial charge in [0.15, 0.2) is 0 Å². The molecule has 134 valence electrons. The Bertz CT molecular complexity index is 733. The van der Waals surface area contributed by atoms with Gasteiger partial charge in [-0.2, -0.15) is 5.10 Å². The summed E-state index contributed by atoms with van der Waals surface area (Å²) >= 11 is 0. The quantitative estimate of drug-likeness (QED) is 0.531. The van der Waals surface area contributed by atoms with E-state index in [0.717, 1.165) is 24.1 Å². The molecule has 0 bridgehead atoms. The largest absolute Gasteiger partial charge is 0.348 e. The number of benzene rings is 1. The van der Waals surface area contributed by atoms with Crippen molar-refractivity contribution in [3.63, 3.8) is 0 Å². The molecule has 0 saturated carbocycles. The van der Waals surface area contributed by atoms with Crippen LogP contribution in [0.15, 0.2) is 30.5 Å². The molecule has 0 aliphatic rings. The number of nitrogens with one attached hydrogen (secondary N) is 2. The molecule has 1 aromatic heterocycles. The van der Waals surface area contributed by atoms with Gasteiger partial charge in [0.2, 0.25) is 0 Å². The van der Waals surface area contributed by atoms with Gasteiger partial charge in [0.1, 0.15) is 0 Å². The highest BCUT2D eigenvalue weighted by atomic mass is 16.5. The van der Waals surface area contributed by atoms with Crippen molar-refractivity contribution in [2.45, 2.75) is 46.2 Å². The van der Waals surface area contributed by atoms with E-state index in [-0.39, 0.29) is 5.91 Å². The molecule has 0 radical (unpaired) electrons. The average Bonchev–Trinajstić information content (AvgIpc) is 3.02. The maximum absolute atomic E-state index is 12.4. The fourth-order valence-electron chi connectivity index (χ4n) is 2.77. The van der Waals surface area contributed by atoms with Crippen LogP contribution in [-0.4, -0.2) is 26.8 Å². The number of rotatable bonds is 7. The van der Waals surface area contributed by atoms with Crippen LogP contribution < -0.4 is 10.8 Å². The van der Waals surface area contributed by atoms with Crippen molar-refractivity contribution in [2.75, 3.05) is 0 Å². The molecule has 2 amide bonds. The molecule has 7 heteroatoms. The summed E-state index contributed by atoms with van der Waals surface area (Å²) in [5.74, 6) is -0.744. The van der Waals surface area contributed by atoms with Gasteiger partial charge in [0.05, 0.1) is 17.8 Å². The first kappa shape index (κ1) is 18.7. The maximum atomic E-state index is 12.4. The lowest BCUT2D eigenvalue weighted by Gasteiger charge is -2.15. The smallest absolute Gasteiger partial charge is 0.274 e. The maximum Gasteiger partial charge on any atom is 0.274 e. The van der Waals surface area contributed by atoms with Crippen molar-refractivity contribution in [1.29, 1.82) is 0 Å². The molecule has 0 spiro atoms. The zero-order chi connectivity index (χ0) is 18.4. The number of nitrogens with zero attached hydrogens (tertiary/aromatic N) is 2. The third kappa shape index (κ3) is 4.24. The second-order valence-corrected chi connectivity index (χ2v) is 5.88. The average molecular weight is 344 g/mol. The Labute approximate surface area is 147 Å². The molecule has 0 saturated heterocycles. The number of hydrogen-bond donors (Lipinski definition) is 3. The topological polar surface area (TPSA) is 96.2 Å². The number of hydrogen-bond acceptors (Lipinski definition) is 4. The predicted octanol–water partition coefficient (Wildman–Crippen LogP) is 2.60. The summed E-state index contributed by atoms with van der Waals surface area (Å²) in [6, 6.07) is 6.93. The number of hydroxylamine groups is 1. The Kier molecular flexibility index (Phi) is 6.30. The number of carbonyl (C=O) groups excluding carboxylic acids is 2. The standard InChI is InChI=1S/C18H24N4O3/c1-4-15(5-2)22-12(3)16(11-20-22)18(24)19-10-13-6-8-14(9-7-13)17(23)21-25/h6-9,11,15,25H,4-5,10H2,1-3H3,(H,19,24)(H,21,23). The molecule has 0 unspecified atom stereocenters. The summed E-state index contributed by atoms with van der Waals surface area (Å²) < 4.78 is 1.91. The summed E-state index contributed by atoms with van der Waals surface area (Å²) in [4.78, 5) is 23.7. The van der Waals surface area contributed by atoms with Crippen LogP contribution in [0.5, 0.6) is 0 Å². The molecule has 1 heterocycles. The first-order chi connectivity index (χ1) is 12.0. The summed E-state index contributed by atoms with van der Waals surface area (Å²) in [5, 5.41) is 15.8. The monoisotopic (exact) mass is 344 g/mol. The molecule has 25 heavy (non-hydrogen) atoms. The van der Waals surface area contributed by atoms with E-state index >= 15 is 0 Å². The molecule has 2 aromatic rings. The van der Waals surface area contributed by atoms with Gasteiger partial charge in [-0.1, -0.05) is 26.0 Å². The number of amides is 2. The second kappa shape index (κ2) is 8.43. The molecular formula is C18H24N4O3. The molecule has 7 nitrogen and oxygen atoms in total. The van der Waals surface area contributed by atoms with Gasteiger partial charge in [-0.3, -0.25) is 19.5 Å². The number of carbonyl (C=O) groups is 2. The van der Waals surface area contributed by atoms with E-state index in [1.165, 1.54) is 0 Å². The van der Waals surface area contributed by atoms with Crippen molar-refractivity contribution in [2.24, 2.45) is 0 Å². The van der Waals surface area contributed by atoms with Gasteiger partial charge in [0, 0.05) is 17.8 Å². The van der Waals surface area contributed by atoms with E-state index in [2.05, 4.69) is 24.3 Å². The normalized spacial score (nSPS) is 10.8. The molecule has 3 N–H and O–H groups in total. The van der Waals surface area contributed by atoms with Gasteiger partial charge < -0.3 is 5.32 Å². The van der Waals surface area contributed by atoms with E-state index in [4.69, 9.17) is 5.21 Å². The van der Waals surface area contributed by atoms with E-state index < -0.39 is 5.91 Å². The van der Waals surface area contributed by atoms with Crippen molar-refractivity contribution in [3.05, 3.63) is 52.8 Å². The van der Waals surface area contributed by atoms with Crippen molar-refractivity contribution < 1.29 is 14.8 Å². The van der Waals surface area contributed by atoms with Crippen LogP contribution in [0.1, 0.15) is 64.7 Å². The minimum absolute atomic E-state index is 0.174. The van der Waals surface area contributed by atoms with Crippen LogP contribution in [0.4, 0.5) is 0 Å². The Balaban J connectivity index is 2.02. The molecule has 2 rings (SSSR count). The van der Waals surface area contributed by atoms with Crippen LogP contribution in [-0.2, 0) is 6.54 Å². The van der Waals surface area contributed by atoms with Crippen LogP contribution in [0.2, 0.25) is 0 Å². The van der Waals surface area contributed by atoms with Gasteiger partial charge in [-0.05, 0) is 37.5 Å². The predicted molar refractivity (Wildman–Crippen MR) is 93.4 cm³/mol. The molecule has 0 aliphatic carbocycles. The molecule has 0 aliphatic heterocycles. The highest BCUT2D eigenvalue weighted by Gasteiger charge is 2.17. The second-order valence-electron chi connectivity index (χ2n) is 5.88. The number of aromatic nitrogens is 2. The van der Waals surface area contributed by atoms with Crippen LogP contribution >= 0.6 is 0 Å². The van der Waals surface area contributed by atoms with Gasteiger partial charge in [-0.15, -0.1) is 0 Å². The van der Waals surface area contributed by atoms with Gasteiger partial charge in [0.25, 0.3) is 11.8 Å². The van der Waals surface area contributed by atoms with E-state index in [0.29, 0.717) is 23.7 Å². The third-order valence-corrected chi connectivity index (χ3v) is 4.35. The van der Waals surface area contributed by atoms with Crippen LogP contribution in [0.3, 0.4) is 0 Å². The Morgan fingerprint density at radius 1 is 1.16 bits per heavy atom. The van der Waals surface area contributed by atoms with E-state index in [1.807, 2.05) is 11.6 Å². The van der Waals surface area contributed by atoms with Crippen molar-refractivity contribution in [3.8, 4) is 0 Å². The minimum Gasteiger partial charge on any atom is -0.348 e. The fourth-order valence-corrected chi connectivity index (χ4v) is 2.77. The lowest BCUT2D eigenvalue weighted by atomic mass is 10.1. The minimum atomic E-state index is -0.569. The fraction of sp³-hybridized carbons (Fsp3) is 0.389. The van der Waals surface area contributed by atoms with E-state index in [1.54, 1.807) is 35.9 Å². The zero-order valence-electron chi connectivity index (χ0n) is 14.7. The highest BCUT2D eigenvalue weighted by molar-refractivity contribution is 5.95. The first-order valence-electron chi connectivity index (χ1n) is 8.37. The zero-order valence-corrected chi connectivity index (χ0v) is 14.7.